The van der Waals surface area contributed by atoms with Gasteiger partial charge in [0, 0.05) is 24.6 Å². The highest BCUT2D eigenvalue weighted by atomic mass is 16.5. The monoisotopic (exact) mass is 272 g/mol. The normalized spacial score (nSPS) is 10.4. The fourth-order valence-corrected chi connectivity index (χ4v) is 2.13. The lowest BCUT2D eigenvalue weighted by molar-refractivity contribution is -0.132. The molecule has 4 nitrogen and oxygen atoms in total. The van der Waals surface area contributed by atoms with Crippen molar-refractivity contribution < 1.29 is 19.1 Å². The van der Waals surface area contributed by atoms with Crippen molar-refractivity contribution in [1.29, 1.82) is 0 Å². The molecule has 0 N–H and O–H groups in total. The van der Waals surface area contributed by atoms with E-state index >= 15 is 0 Å². The lowest BCUT2D eigenvalue weighted by Gasteiger charge is -2.14. The molecular weight excluding hydrogens is 256 g/mol. The molecule has 0 heterocycles. The summed E-state index contributed by atoms with van der Waals surface area (Å²) in [7, 11) is 0. The zero-order valence-electron chi connectivity index (χ0n) is 11.9. The number of esters is 2. The van der Waals surface area contributed by atoms with E-state index in [0.717, 1.165) is 21.9 Å². The lowest BCUT2D eigenvalue weighted by Crippen LogP contribution is -2.06. The molecule has 0 aliphatic carbocycles. The standard InChI is InChI=1S/C16H16O4/c1-9-5-6-13-14(7-9)15(19-11(3)17)8-10(2)16(13)20-12(4)18/h5-8H,1-4H3. The second-order valence-electron chi connectivity index (χ2n) is 4.76. The third-order valence-corrected chi connectivity index (χ3v) is 2.89. The quantitative estimate of drug-likeness (QED) is 0.621. The van der Waals surface area contributed by atoms with E-state index < -0.39 is 0 Å². The maximum Gasteiger partial charge on any atom is 0.308 e. The van der Waals surface area contributed by atoms with Gasteiger partial charge in [-0.3, -0.25) is 9.59 Å². The van der Waals surface area contributed by atoms with Gasteiger partial charge in [-0.2, -0.15) is 0 Å². The molecule has 0 aliphatic heterocycles. The van der Waals surface area contributed by atoms with Crippen LogP contribution < -0.4 is 9.47 Å². The van der Waals surface area contributed by atoms with Crippen molar-refractivity contribution in [1.82, 2.24) is 0 Å². The van der Waals surface area contributed by atoms with Gasteiger partial charge >= 0.3 is 11.9 Å². The molecule has 4 heteroatoms. The number of hydrogen-bond acceptors (Lipinski definition) is 4. The maximum atomic E-state index is 11.2. The highest BCUT2D eigenvalue weighted by Gasteiger charge is 2.14. The largest absolute Gasteiger partial charge is 0.426 e. The van der Waals surface area contributed by atoms with Crippen LogP contribution in [-0.2, 0) is 9.59 Å². The van der Waals surface area contributed by atoms with Gasteiger partial charge in [-0.05, 0) is 31.5 Å². The Bertz CT molecular complexity index is 701. The van der Waals surface area contributed by atoms with Crippen LogP contribution in [0.3, 0.4) is 0 Å². The first-order valence-electron chi connectivity index (χ1n) is 6.29. The third kappa shape index (κ3) is 2.79. The molecule has 0 radical (unpaired) electrons. The third-order valence-electron chi connectivity index (χ3n) is 2.89. The fourth-order valence-electron chi connectivity index (χ4n) is 2.13. The van der Waals surface area contributed by atoms with Crippen LogP contribution >= 0.6 is 0 Å². The Labute approximate surface area is 117 Å². The zero-order valence-corrected chi connectivity index (χ0v) is 11.9. The number of aryl methyl sites for hydroxylation is 2. The smallest absolute Gasteiger partial charge is 0.308 e. The van der Waals surface area contributed by atoms with Gasteiger partial charge in [0.1, 0.15) is 11.5 Å². The van der Waals surface area contributed by atoms with Gasteiger partial charge in [-0.25, -0.2) is 0 Å². The van der Waals surface area contributed by atoms with E-state index in [1.165, 1.54) is 13.8 Å². The van der Waals surface area contributed by atoms with Crippen molar-refractivity contribution >= 4 is 22.7 Å². The highest BCUT2D eigenvalue weighted by Crippen LogP contribution is 2.37. The second kappa shape index (κ2) is 5.33. The molecule has 104 valence electrons. The predicted octanol–water partition coefficient (Wildman–Crippen LogP) is 3.31. The summed E-state index contributed by atoms with van der Waals surface area (Å²) in [6.45, 7) is 6.48. The van der Waals surface area contributed by atoms with E-state index in [2.05, 4.69) is 0 Å². The summed E-state index contributed by atoms with van der Waals surface area (Å²) < 4.78 is 10.5. The number of ether oxygens (including phenoxy) is 2. The molecule has 0 fully saturated rings. The zero-order chi connectivity index (χ0) is 14.9. The minimum absolute atomic E-state index is 0.379. The highest BCUT2D eigenvalue weighted by molar-refractivity contribution is 5.97. The van der Waals surface area contributed by atoms with Crippen LogP contribution in [0.1, 0.15) is 25.0 Å². The van der Waals surface area contributed by atoms with E-state index in [1.807, 2.05) is 32.0 Å². The van der Waals surface area contributed by atoms with E-state index in [1.54, 1.807) is 6.07 Å². The van der Waals surface area contributed by atoms with Crippen LogP contribution in [0.2, 0.25) is 0 Å². The summed E-state index contributed by atoms with van der Waals surface area (Å²) in [6, 6.07) is 7.40. The molecule has 20 heavy (non-hydrogen) atoms. The number of benzene rings is 2. The van der Waals surface area contributed by atoms with Gasteiger partial charge in [-0.15, -0.1) is 0 Å². The molecule has 0 saturated carbocycles. The van der Waals surface area contributed by atoms with Crippen LogP contribution in [0.5, 0.6) is 11.5 Å². The molecular formula is C16H16O4. The number of carbonyl (C=O) groups is 2. The summed E-state index contributed by atoms with van der Waals surface area (Å²) in [5.41, 5.74) is 1.77. The van der Waals surface area contributed by atoms with Gasteiger partial charge < -0.3 is 9.47 Å². The minimum atomic E-state index is -0.382. The SMILES string of the molecule is CC(=O)Oc1cc(C)c(OC(C)=O)c2ccc(C)cc12. The number of carbonyl (C=O) groups excluding carboxylic acids is 2. The molecule has 0 saturated heterocycles. The van der Waals surface area contributed by atoms with Crippen LogP contribution in [0.4, 0.5) is 0 Å². The van der Waals surface area contributed by atoms with Crippen molar-refractivity contribution in [2.75, 3.05) is 0 Å². The molecule has 0 atom stereocenters. The van der Waals surface area contributed by atoms with Crippen molar-refractivity contribution in [3.8, 4) is 11.5 Å². The summed E-state index contributed by atoms with van der Waals surface area (Å²) in [4.78, 5) is 22.4. The van der Waals surface area contributed by atoms with Gasteiger partial charge in [0.05, 0.1) is 0 Å². The van der Waals surface area contributed by atoms with Gasteiger partial charge in [0.15, 0.2) is 0 Å². The van der Waals surface area contributed by atoms with Crippen LogP contribution in [0.25, 0.3) is 10.8 Å². The summed E-state index contributed by atoms with van der Waals surface area (Å²) in [5.74, 6) is 0.218. The lowest BCUT2D eigenvalue weighted by atomic mass is 10.0. The molecule has 0 aliphatic rings. The van der Waals surface area contributed by atoms with E-state index in [-0.39, 0.29) is 11.9 Å². The van der Waals surface area contributed by atoms with E-state index in [4.69, 9.17) is 9.47 Å². The minimum Gasteiger partial charge on any atom is -0.426 e. The number of hydrogen-bond donors (Lipinski definition) is 0. The first kappa shape index (κ1) is 14.1. The molecule has 0 spiro atoms. The van der Waals surface area contributed by atoms with Gasteiger partial charge in [0.25, 0.3) is 0 Å². The molecule has 0 bridgehead atoms. The molecule has 2 aromatic rings. The van der Waals surface area contributed by atoms with Crippen molar-refractivity contribution in [3.05, 3.63) is 35.4 Å². The van der Waals surface area contributed by atoms with E-state index in [0.29, 0.717) is 11.5 Å². The Morgan fingerprint density at radius 1 is 0.900 bits per heavy atom. The number of fused-ring (bicyclic) bond motifs is 1. The van der Waals surface area contributed by atoms with E-state index in [9.17, 15) is 9.59 Å². The van der Waals surface area contributed by atoms with Gasteiger partial charge in [0.2, 0.25) is 0 Å². The van der Waals surface area contributed by atoms with Crippen LogP contribution in [0.15, 0.2) is 24.3 Å². The topological polar surface area (TPSA) is 52.6 Å². The van der Waals surface area contributed by atoms with Crippen molar-refractivity contribution in [3.63, 3.8) is 0 Å². The average Bonchev–Trinajstić information content (AvgIpc) is 2.33. The summed E-state index contributed by atoms with van der Waals surface area (Å²) >= 11 is 0. The molecule has 0 amide bonds. The molecule has 2 aromatic carbocycles. The Hall–Kier alpha value is -2.36. The first-order chi connectivity index (χ1) is 9.38. The van der Waals surface area contributed by atoms with Crippen molar-refractivity contribution in [2.45, 2.75) is 27.7 Å². The Kier molecular flexibility index (Phi) is 3.74. The first-order valence-corrected chi connectivity index (χ1v) is 6.29. The summed E-state index contributed by atoms with van der Waals surface area (Å²) in [5, 5.41) is 1.50. The molecule has 0 aromatic heterocycles. The van der Waals surface area contributed by atoms with Gasteiger partial charge in [-0.1, -0.05) is 17.7 Å². The van der Waals surface area contributed by atoms with Crippen molar-refractivity contribution in [2.24, 2.45) is 0 Å². The van der Waals surface area contributed by atoms with Crippen LogP contribution in [-0.4, -0.2) is 11.9 Å². The number of rotatable bonds is 2. The van der Waals surface area contributed by atoms with Crippen LogP contribution in [0, 0.1) is 13.8 Å². The maximum absolute atomic E-state index is 11.2. The predicted molar refractivity (Wildman–Crippen MR) is 76.0 cm³/mol. The second-order valence-corrected chi connectivity index (χ2v) is 4.76. The Balaban J connectivity index is 2.74. The molecule has 2 rings (SSSR count). The molecule has 0 unspecified atom stereocenters. The summed E-state index contributed by atoms with van der Waals surface area (Å²) in [6.07, 6.45) is 0. The Morgan fingerprint density at radius 3 is 2.15 bits per heavy atom. The Morgan fingerprint density at radius 2 is 1.55 bits per heavy atom. The average molecular weight is 272 g/mol. The fraction of sp³-hybridized carbons (Fsp3) is 0.250.